The molecule has 0 amide bonds. The molecule has 0 bridgehead atoms. The lowest BCUT2D eigenvalue weighted by molar-refractivity contribution is -0.744. The van der Waals surface area contributed by atoms with Crippen LogP contribution >= 0.6 is 0 Å². The molecule has 0 aromatic carbocycles. The molecular formula is C17H17N2O2+. The van der Waals surface area contributed by atoms with Crippen molar-refractivity contribution >= 4 is 22.0 Å². The molecule has 3 aromatic rings. The Morgan fingerprint density at radius 3 is 2.90 bits per heavy atom. The number of aromatic nitrogens is 2. The summed E-state index contributed by atoms with van der Waals surface area (Å²) in [5.74, 6) is 0. The zero-order valence-corrected chi connectivity index (χ0v) is 12.2. The van der Waals surface area contributed by atoms with Crippen LogP contribution in [0.15, 0.2) is 39.8 Å². The van der Waals surface area contributed by atoms with E-state index in [9.17, 15) is 4.79 Å². The summed E-state index contributed by atoms with van der Waals surface area (Å²) in [6.45, 7) is 4.44. The molecule has 0 atom stereocenters. The number of hydrogen-bond donors (Lipinski definition) is 0. The van der Waals surface area contributed by atoms with Crippen LogP contribution in [0.5, 0.6) is 0 Å². The lowest BCUT2D eigenvalue weighted by Gasteiger charge is -2.30. The van der Waals surface area contributed by atoms with E-state index < -0.39 is 0 Å². The van der Waals surface area contributed by atoms with Crippen LogP contribution in [0.4, 0.5) is 0 Å². The molecular weight excluding hydrogens is 264 g/mol. The lowest BCUT2D eigenvalue weighted by Crippen LogP contribution is -2.59. The minimum Gasteiger partial charge on any atom is -0.415 e. The fourth-order valence-electron chi connectivity index (χ4n) is 3.71. The average Bonchev–Trinajstić information content (AvgIpc) is 2.53. The van der Waals surface area contributed by atoms with Gasteiger partial charge < -0.3 is 4.42 Å². The van der Waals surface area contributed by atoms with Crippen LogP contribution in [0.1, 0.15) is 32.3 Å². The third-order valence-corrected chi connectivity index (χ3v) is 4.97. The van der Waals surface area contributed by atoms with Crippen LogP contribution in [-0.4, -0.2) is 4.98 Å². The molecule has 3 aromatic heterocycles. The summed E-state index contributed by atoms with van der Waals surface area (Å²) in [4.78, 5) is 16.4. The van der Waals surface area contributed by atoms with Crippen LogP contribution in [0.3, 0.4) is 0 Å². The van der Waals surface area contributed by atoms with E-state index in [1.54, 1.807) is 6.20 Å². The topological polar surface area (TPSA) is 47.0 Å². The van der Waals surface area contributed by atoms with Crippen molar-refractivity contribution in [3.05, 3.63) is 46.6 Å². The minimum atomic E-state index is -0.349. The summed E-state index contributed by atoms with van der Waals surface area (Å²) >= 11 is 0. The predicted molar refractivity (Wildman–Crippen MR) is 80.2 cm³/mol. The smallest absolute Gasteiger partial charge is 0.363 e. The standard InChI is InChI=1S/C17H17N2O2/c1-3-17(4-2)10-11-7-8-18-14-13(11)15-12(21-16(14)20)6-5-9-19(15)17/h5-9H,3-4,10H2,1-2H3/q+1. The maximum atomic E-state index is 12.1. The summed E-state index contributed by atoms with van der Waals surface area (Å²) in [7, 11) is 0. The van der Waals surface area contributed by atoms with Crippen LogP contribution in [0.25, 0.3) is 22.0 Å². The van der Waals surface area contributed by atoms with Crippen LogP contribution < -0.4 is 10.2 Å². The van der Waals surface area contributed by atoms with E-state index in [1.807, 2.05) is 18.2 Å². The highest BCUT2D eigenvalue weighted by atomic mass is 16.4. The van der Waals surface area contributed by atoms with Crippen molar-refractivity contribution in [2.75, 3.05) is 0 Å². The van der Waals surface area contributed by atoms with E-state index in [4.69, 9.17) is 4.42 Å². The number of pyridine rings is 2. The van der Waals surface area contributed by atoms with Gasteiger partial charge in [0.15, 0.2) is 17.3 Å². The van der Waals surface area contributed by atoms with Crippen molar-refractivity contribution in [2.24, 2.45) is 0 Å². The van der Waals surface area contributed by atoms with E-state index in [0.29, 0.717) is 11.1 Å². The molecule has 1 aliphatic heterocycles. The molecule has 0 aliphatic carbocycles. The first-order valence-corrected chi connectivity index (χ1v) is 7.46. The molecule has 106 valence electrons. The van der Waals surface area contributed by atoms with Crippen molar-refractivity contribution in [3.63, 3.8) is 0 Å². The third-order valence-electron chi connectivity index (χ3n) is 4.97. The summed E-state index contributed by atoms with van der Waals surface area (Å²) in [6, 6.07) is 5.86. The van der Waals surface area contributed by atoms with Crippen LogP contribution in [-0.2, 0) is 12.0 Å². The number of rotatable bonds is 2. The second-order valence-corrected chi connectivity index (χ2v) is 5.78. The molecule has 0 saturated heterocycles. The molecule has 4 heteroatoms. The lowest BCUT2D eigenvalue weighted by atomic mass is 9.81. The van der Waals surface area contributed by atoms with Gasteiger partial charge in [-0.3, -0.25) is 0 Å². The highest BCUT2D eigenvalue weighted by molar-refractivity contribution is 6.00. The molecule has 0 fully saturated rings. The molecule has 21 heavy (non-hydrogen) atoms. The van der Waals surface area contributed by atoms with Crippen molar-refractivity contribution < 1.29 is 8.98 Å². The first-order valence-electron chi connectivity index (χ1n) is 7.46. The van der Waals surface area contributed by atoms with E-state index in [2.05, 4.69) is 29.6 Å². The Morgan fingerprint density at radius 1 is 1.33 bits per heavy atom. The Morgan fingerprint density at radius 2 is 2.14 bits per heavy atom. The highest BCUT2D eigenvalue weighted by Gasteiger charge is 2.43. The Bertz CT molecular complexity index is 923. The van der Waals surface area contributed by atoms with Crippen molar-refractivity contribution in [2.45, 2.75) is 38.6 Å². The SMILES string of the molecule is CCC1(CC)Cc2ccnc3c(=O)oc4ccc[n+]1c4c23. The van der Waals surface area contributed by atoms with Gasteiger partial charge in [0.25, 0.3) is 5.52 Å². The largest absolute Gasteiger partial charge is 0.415 e. The molecule has 0 radical (unpaired) electrons. The van der Waals surface area contributed by atoms with Gasteiger partial charge >= 0.3 is 5.63 Å². The molecule has 1 aliphatic rings. The van der Waals surface area contributed by atoms with Gasteiger partial charge in [0.2, 0.25) is 5.58 Å². The summed E-state index contributed by atoms with van der Waals surface area (Å²) in [6.07, 6.45) is 6.82. The van der Waals surface area contributed by atoms with E-state index >= 15 is 0 Å². The third kappa shape index (κ3) is 1.47. The molecule has 0 saturated carbocycles. The van der Waals surface area contributed by atoms with Gasteiger partial charge in [-0.05, 0) is 17.7 Å². The van der Waals surface area contributed by atoms with Crippen LogP contribution in [0, 0.1) is 0 Å². The molecule has 0 spiro atoms. The van der Waals surface area contributed by atoms with E-state index in [-0.39, 0.29) is 11.2 Å². The first kappa shape index (κ1) is 12.5. The van der Waals surface area contributed by atoms with Gasteiger partial charge in [0.1, 0.15) is 0 Å². The van der Waals surface area contributed by atoms with E-state index in [0.717, 1.165) is 30.2 Å². The van der Waals surface area contributed by atoms with Crippen molar-refractivity contribution in [1.82, 2.24) is 4.98 Å². The normalized spacial score (nSPS) is 15.9. The minimum absolute atomic E-state index is 0.0424. The van der Waals surface area contributed by atoms with Gasteiger partial charge in [-0.1, -0.05) is 13.8 Å². The zero-order chi connectivity index (χ0) is 14.6. The first-order chi connectivity index (χ1) is 10.2. The van der Waals surface area contributed by atoms with Gasteiger partial charge in [-0.15, -0.1) is 0 Å². The average molecular weight is 281 g/mol. The summed E-state index contributed by atoms with van der Waals surface area (Å²) in [5.41, 5.74) is 2.99. The Hall–Kier alpha value is -2.23. The number of nitrogens with zero attached hydrogens (tertiary/aromatic N) is 2. The molecule has 4 nitrogen and oxygen atoms in total. The maximum absolute atomic E-state index is 12.1. The second kappa shape index (κ2) is 4.13. The van der Waals surface area contributed by atoms with Crippen LogP contribution in [0.2, 0.25) is 0 Å². The predicted octanol–water partition coefficient (Wildman–Crippen LogP) is 2.70. The highest BCUT2D eigenvalue weighted by Crippen LogP contribution is 2.35. The summed E-state index contributed by atoms with van der Waals surface area (Å²) in [5, 5.41) is 0.960. The van der Waals surface area contributed by atoms with Gasteiger partial charge in [-0.2, -0.15) is 4.57 Å². The van der Waals surface area contributed by atoms with Gasteiger partial charge in [-0.25, -0.2) is 9.78 Å². The van der Waals surface area contributed by atoms with E-state index in [1.165, 1.54) is 5.56 Å². The fourth-order valence-corrected chi connectivity index (χ4v) is 3.71. The fraction of sp³-hybridized carbons (Fsp3) is 0.353. The molecule has 0 N–H and O–H groups in total. The maximum Gasteiger partial charge on any atom is 0.363 e. The Kier molecular flexibility index (Phi) is 2.46. The summed E-state index contributed by atoms with van der Waals surface area (Å²) < 4.78 is 7.78. The van der Waals surface area contributed by atoms with Gasteiger partial charge in [0, 0.05) is 31.5 Å². The van der Waals surface area contributed by atoms with Crippen molar-refractivity contribution in [3.8, 4) is 0 Å². The van der Waals surface area contributed by atoms with Crippen molar-refractivity contribution in [1.29, 1.82) is 0 Å². The molecule has 4 heterocycles. The van der Waals surface area contributed by atoms with Gasteiger partial charge in [0.05, 0.1) is 5.39 Å². The number of hydrogen-bond acceptors (Lipinski definition) is 3. The molecule has 4 rings (SSSR count). The Labute approximate surface area is 122 Å². The monoisotopic (exact) mass is 281 g/mol. The zero-order valence-electron chi connectivity index (χ0n) is 12.2. The Balaban J connectivity index is 2.31. The molecule has 0 unspecified atom stereocenters. The quantitative estimate of drug-likeness (QED) is 0.536. The second-order valence-electron chi connectivity index (χ2n) is 5.78.